The van der Waals surface area contributed by atoms with E-state index in [9.17, 15) is 4.79 Å². The van der Waals surface area contributed by atoms with Gasteiger partial charge >= 0.3 is 6.01 Å². The van der Waals surface area contributed by atoms with Crippen molar-refractivity contribution in [3.05, 3.63) is 35.4 Å². The third-order valence-electron chi connectivity index (χ3n) is 5.95. The SMILES string of the molecule is CCC(COc1nc(N)c2c(n1)N(Cc1cccc(CN3CCCC3)c1)CC(=O)N2)OC. The van der Waals surface area contributed by atoms with E-state index in [0.717, 1.165) is 31.6 Å². The molecule has 1 unspecified atom stereocenters. The summed E-state index contributed by atoms with van der Waals surface area (Å²) in [6, 6.07) is 8.69. The summed E-state index contributed by atoms with van der Waals surface area (Å²) < 4.78 is 11.1. The third kappa shape index (κ3) is 5.28. The number of rotatable bonds is 9. The fraction of sp³-hybridized carbons (Fsp3) is 0.522. The van der Waals surface area contributed by atoms with E-state index in [1.165, 1.54) is 18.4 Å². The molecule has 2 aromatic rings. The molecule has 3 heterocycles. The first kappa shape index (κ1) is 22.3. The number of ether oxygens (including phenoxy) is 2. The standard InChI is InChI=1S/C23H32N6O3/c1-3-18(31-2)15-32-23-26-21(24)20-22(27-23)29(14-19(30)25-20)13-17-8-6-7-16(11-17)12-28-9-4-5-10-28/h6-8,11,18H,3-5,9-10,12-15H2,1-2H3,(H,25,30)(H2,24,26,27). The van der Waals surface area contributed by atoms with Crippen LogP contribution in [0.2, 0.25) is 0 Å². The van der Waals surface area contributed by atoms with E-state index in [4.69, 9.17) is 15.2 Å². The van der Waals surface area contributed by atoms with Crippen LogP contribution in [-0.4, -0.2) is 60.2 Å². The Morgan fingerprint density at radius 2 is 1.94 bits per heavy atom. The molecular weight excluding hydrogens is 408 g/mol. The number of anilines is 3. The second-order valence-corrected chi connectivity index (χ2v) is 8.37. The Labute approximate surface area is 188 Å². The van der Waals surface area contributed by atoms with Crippen molar-refractivity contribution in [1.82, 2.24) is 14.9 Å². The first-order valence-corrected chi connectivity index (χ1v) is 11.2. The van der Waals surface area contributed by atoms with Gasteiger partial charge in [0.25, 0.3) is 0 Å². The number of likely N-dealkylation sites (tertiary alicyclic amines) is 1. The van der Waals surface area contributed by atoms with Crippen LogP contribution in [0.4, 0.5) is 17.3 Å². The number of carbonyl (C=O) groups excluding carboxylic acids is 1. The van der Waals surface area contributed by atoms with Gasteiger partial charge in [0.15, 0.2) is 11.6 Å². The summed E-state index contributed by atoms with van der Waals surface area (Å²) in [5, 5.41) is 2.80. The number of carbonyl (C=O) groups is 1. The predicted octanol–water partition coefficient (Wildman–Crippen LogP) is 2.42. The Morgan fingerprint density at radius 3 is 2.66 bits per heavy atom. The van der Waals surface area contributed by atoms with Crippen LogP contribution in [-0.2, 0) is 22.6 Å². The van der Waals surface area contributed by atoms with Gasteiger partial charge in [-0.3, -0.25) is 9.69 Å². The van der Waals surface area contributed by atoms with Gasteiger partial charge in [-0.2, -0.15) is 9.97 Å². The normalized spacial score (nSPS) is 17.2. The maximum Gasteiger partial charge on any atom is 0.320 e. The first-order chi connectivity index (χ1) is 15.6. The van der Waals surface area contributed by atoms with Crippen LogP contribution in [0, 0.1) is 0 Å². The molecule has 0 spiro atoms. The van der Waals surface area contributed by atoms with Crippen molar-refractivity contribution in [2.45, 2.75) is 45.4 Å². The number of benzene rings is 1. The maximum atomic E-state index is 12.3. The van der Waals surface area contributed by atoms with Gasteiger partial charge in [0.05, 0.1) is 12.6 Å². The van der Waals surface area contributed by atoms with Crippen LogP contribution in [0.3, 0.4) is 0 Å². The zero-order valence-electron chi connectivity index (χ0n) is 18.8. The molecule has 2 aliphatic rings. The molecule has 32 heavy (non-hydrogen) atoms. The molecule has 4 rings (SSSR count). The summed E-state index contributed by atoms with van der Waals surface area (Å²) in [7, 11) is 1.65. The lowest BCUT2D eigenvalue weighted by Crippen LogP contribution is -2.39. The molecule has 3 N–H and O–H groups in total. The lowest BCUT2D eigenvalue weighted by atomic mass is 10.1. The lowest BCUT2D eigenvalue weighted by molar-refractivity contribution is -0.115. The highest BCUT2D eigenvalue weighted by Crippen LogP contribution is 2.34. The summed E-state index contributed by atoms with van der Waals surface area (Å²) in [4.78, 5) is 25.5. The van der Waals surface area contributed by atoms with Crippen molar-refractivity contribution < 1.29 is 14.3 Å². The van der Waals surface area contributed by atoms with E-state index >= 15 is 0 Å². The maximum absolute atomic E-state index is 12.3. The summed E-state index contributed by atoms with van der Waals surface area (Å²) >= 11 is 0. The zero-order chi connectivity index (χ0) is 22.5. The van der Waals surface area contributed by atoms with Gasteiger partial charge in [-0.25, -0.2) is 0 Å². The molecule has 0 bridgehead atoms. The minimum Gasteiger partial charge on any atom is -0.461 e. The Morgan fingerprint density at radius 1 is 1.19 bits per heavy atom. The minimum absolute atomic E-state index is 0.0509. The van der Waals surface area contributed by atoms with Gasteiger partial charge in [0.2, 0.25) is 5.91 Å². The van der Waals surface area contributed by atoms with Crippen molar-refractivity contribution in [3.8, 4) is 6.01 Å². The van der Waals surface area contributed by atoms with Crippen molar-refractivity contribution >= 4 is 23.2 Å². The van der Waals surface area contributed by atoms with E-state index < -0.39 is 0 Å². The molecular formula is C23H32N6O3. The minimum atomic E-state index is -0.139. The summed E-state index contributed by atoms with van der Waals surface area (Å²) in [5.41, 5.74) is 8.97. The molecule has 1 aromatic carbocycles. The fourth-order valence-electron chi connectivity index (χ4n) is 4.18. The number of hydrogen-bond acceptors (Lipinski definition) is 8. The van der Waals surface area contributed by atoms with E-state index in [1.807, 2.05) is 11.8 Å². The molecule has 1 atom stereocenters. The van der Waals surface area contributed by atoms with E-state index in [-0.39, 0.29) is 30.4 Å². The number of amides is 1. The van der Waals surface area contributed by atoms with Crippen LogP contribution >= 0.6 is 0 Å². The quantitative estimate of drug-likeness (QED) is 0.612. The average Bonchev–Trinajstić information content (AvgIpc) is 3.28. The van der Waals surface area contributed by atoms with Crippen molar-refractivity contribution in [1.29, 1.82) is 0 Å². The lowest BCUT2D eigenvalue weighted by Gasteiger charge is -2.30. The third-order valence-corrected chi connectivity index (χ3v) is 5.95. The second kappa shape index (κ2) is 10.1. The van der Waals surface area contributed by atoms with Gasteiger partial charge in [-0.05, 0) is 43.5 Å². The van der Waals surface area contributed by atoms with Gasteiger partial charge < -0.3 is 25.4 Å². The molecule has 0 saturated carbocycles. The number of nitrogens with two attached hydrogens (primary N) is 1. The summed E-state index contributed by atoms with van der Waals surface area (Å²) in [6.45, 7) is 6.35. The highest BCUT2D eigenvalue weighted by Gasteiger charge is 2.27. The smallest absolute Gasteiger partial charge is 0.320 e. The second-order valence-electron chi connectivity index (χ2n) is 8.37. The Bertz CT molecular complexity index is 943. The molecule has 1 amide bonds. The molecule has 9 heteroatoms. The Balaban J connectivity index is 1.53. The van der Waals surface area contributed by atoms with Crippen LogP contribution in [0.1, 0.15) is 37.3 Å². The summed E-state index contributed by atoms with van der Waals surface area (Å²) in [6.07, 6.45) is 3.31. The van der Waals surface area contributed by atoms with Gasteiger partial charge in [0, 0.05) is 20.2 Å². The topological polar surface area (TPSA) is 106 Å². The molecule has 0 radical (unpaired) electrons. The molecule has 172 valence electrons. The number of methoxy groups -OCH3 is 1. The number of nitrogens with one attached hydrogen (secondary N) is 1. The summed E-state index contributed by atoms with van der Waals surface area (Å²) in [5.74, 6) is 0.624. The zero-order valence-corrected chi connectivity index (χ0v) is 18.8. The first-order valence-electron chi connectivity index (χ1n) is 11.2. The van der Waals surface area contributed by atoms with E-state index in [2.05, 4.69) is 44.5 Å². The Kier molecular flexibility index (Phi) is 7.06. The van der Waals surface area contributed by atoms with Gasteiger partial charge in [0.1, 0.15) is 12.3 Å². The van der Waals surface area contributed by atoms with Crippen molar-refractivity contribution in [2.24, 2.45) is 0 Å². The molecule has 1 aromatic heterocycles. The van der Waals surface area contributed by atoms with Crippen LogP contribution < -0.4 is 20.7 Å². The van der Waals surface area contributed by atoms with E-state index in [1.54, 1.807) is 7.11 Å². The molecule has 9 nitrogen and oxygen atoms in total. The van der Waals surface area contributed by atoms with Crippen molar-refractivity contribution in [3.63, 3.8) is 0 Å². The predicted molar refractivity (Wildman–Crippen MR) is 124 cm³/mol. The molecule has 0 aliphatic carbocycles. The molecule has 1 fully saturated rings. The monoisotopic (exact) mass is 440 g/mol. The van der Waals surface area contributed by atoms with E-state index in [0.29, 0.717) is 24.7 Å². The number of nitrogens with zero attached hydrogens (tertiary/aromatic N) is 4. The highest BCUT2D eigenvalue weighted by molar-refractivity contribution is 6.03. The van der Waals surface area contributed by atoms with Crippen molar-refractivity contribution in [2.75, 3.05) is 49.3 Å². The number of aromatic nitrogens is 2. The number of hydrogen-bond donors (Lipinski definition) is 2. The van der Waals surface area contributed by atoms with Crippen LogP contribution in [0.15, 0.2) is 24.3 Å². The van der Waals surface area contributed by atoms with Crippen LogP contribution in [0.5, 0.6) is 6.01 Å². The van der Waals surface area contributed by atoms with Gasteiger partial charge in [-0.15, -0.1) is 0 Å². The molecule has 2 aliphatic heterocycles. The number of nitrogen functional groups attached to an aromatic ring is 1. The fourth-order valence-corrected chi connectivity index (χ4v) is 4.18. The largest absolute Gasteiger partial charge is 0.461 e. The number of fused-ring (bicyclic) bond motifs is 1. The molecule has 1 saturated heterocycles. The highest BCUT2D eigenvalue weighted by atomic mass is 16.5. The van der Waals surface area contributed by atoms with Gasteiger partial charge in [-0.1, -0.05) is 31.2 Å². The average molecular weight is 441 g/mol. The van der Waals surface area contributed by atoms with Crippen LogP contribution in [0.25, 0.3) is 0 Å². The Hall–Kier alpha value is -2.91.